The summed E-state index contributed by atoms with van der Waals surface area (Å²) in [7, 11) is -1.92. The van der Waals surface area contributed by atoms with E-state index in [-0.39, 0.29) is 4.90 Å². The number of hydrogen-bond acceptors (Lipinski definition) is 3. The van der Waals surface area contributed by atoms with Crippen molar-refractivity contribution in [2.75, 3.05) is 4.72 Å². The molecule has 0 saturated carbocycles. The van der Waals surface area contributed by atoms with Crippen molar-refractivity contribution in [3.05, 3.63) is 40.1 Å². The minimum atomic E-state index is -3.61. The van der Waals surface area contributed by atoms with Gasteiger partial charge in [-0.1, -0.05) is 15.9 Å². The second-order valence-electron chi connectivity index (χ2n) is 4.32. The number of aryl methyl sites for hydroxylation is 3. The second kappa shape index (κ2) is 4.97. The first kappa shape index (κ1) is 14.1. The molecule has 0 bridgehead atoms. The van der Waals surface area contributed by atoms with Crippen molar-refractivity contribution in [2.24, 2.45) is 7.05 Å². The highest BCUT2D eigenvalue weighted by Crippen LogP contribution is 2.23. The van der Waals surface area contributed by atoms with E-state index in [0.717, 1.165) is 10.0 Å². The van der Waals surface area contributed by atoms with Crippen LogP contribution in [0.1, 0.15) is 11.3 Å². The van der Waals surface area contributed by atoms with Gasteiger partial charge in [0.1, 0.15) is 4.90 Å². The topological polar surface area (TPSA) is 64.0 Å². The van der Waals surface area contributed by atoms with Crippen LogP contribution in [0.3, 0.4) is 0 Å². The Balaban J connectivity index is 2.39. The number of sulfonamides is 1. The van der Waals surface area contributed by atoms with E-state index < -0.39 is 10.0 Å². The number of rotatable bonds is 3. The summed E-state index contributed by atoms with van der Waals surface area (Å²) in [6.07, 6.45) is 1.49. The molecule has 0 atom stereocenters. The molecule has 0 amide bonds. The quantitative estimate of drug-likeness (QED) is 0.931. The average molecular weight is 344 g/mol. The summed E-state index contributed by atoms with van der Waals surface area (Å²) in [5.74, 6) is 0. The first-order valence-electron chi connectivity index (χ1n) is 5.59. The number of benzene rings is 1. The summed E-state index contributed by atoms with van der Waals surface area (Å²) in [5.41, 5.74) is 1.88. The van der Waals surface area contributed by atoms with Gasteiger partial charge in [0.25, 0.3) is 10.0 Å². The van der Waals surface area contributed by atoms with Crippen molar-refractivity contribution in [1.29, 1.82) is 0 Å². The highest BCUT2D eigenvalue weighted by atomic mass is 79.9. The summed E-state index contributed by atoms with van der Waals surface area (Å²) < 4.78 is 29.6. The Bertz CT molecular complexity index is 723. The fourth-order valence-electron chi connectivity index (χ4n) is 1.78. The molecule has 0 aliphatic carbocycles. The summed E-state index contributed by atoms with van der Waals surface area (Å²) in [6, 6.07) is 5.37. The van der Waals surface area contributed by atoms with Crippen LogP contribution in [0, 0.1) is 13.8 Å². The standard InChI is InChI=1S/C12H14BrN3O2S/c1-8-6-10(13)4-5-11(8)15-19(17,18)12-7-16(3)14-9(12)2/h4-7,15H,1-3H3. The molecule has 1 heterocycles. The zero-order valence-corrected chi connectivity index (χ0v) is 13.2. The number of nitrogens with zero attached hydrogens (tertiary/aromatic N) is 2. The van der Waals surface area contributed by atoms with Gasteiger partial charge >= 0.3 is 0 Å². The fraction of sp³-hybridized carbons (Fsp3) is 0.250. The Morgan fingerprint density at radius 3 is 2.53 bits per heavy atom. The summed E-state index contributed by atoms with van der Waals surface area (Å²) >= 11 is 3.35. The molecule has 0 spiro atoms. The molecule has 2 rings (SSSR count). The molecule has 5 nitrogen and oxygen atoms in total. The van der Waals surface area contributed by atoms with Crippen molar-refractivity contribution in [2.45, 2.75) is 18.7 Å². The van der Waals surface area contributed by atoms with Gasteiger partial charge in [-0.15, -0.1) is 0 Å². The molecule has 0 fully saturated rings. The lowest BCUT2D eigenvalue weighted by Gasteiger charge is -2.10. The Labute approximate surface area is 120 Å². The zero-order valence-electron chi connectivity index (χ0n) is 10.8. The van der Waals surface area contributed by atoms with Crippen LogP contribution in [-0.2, 0) is 17.1 Å². The SMILES string of the molecule is Cc1cc(Br)ccc1NS(=O)(=O)c1cn(C)nc1C. The van der Waals surface area contributed by atoms with Crippen LogP contribution in [0.2, 0.25) is 0 Å². The molecular formula is C12H14BrN3O2S. The van der Waals surface area contributed by atoms with Crippen LogP contribution in [0.4, 0.5) is 5.69 Å². The number of hydrogen-bond donors (Lipinski definition) is 1. The molecule has 19 heavy (non-hydrogen) atoms. The van der Waals surface area contributed by atoms with E-state index in [4.69, 9.17) is 0 Å². The van der Waals surface area contributed by atoms with Crippen molar-refractivity contribution in [3.63, 3.8) is 0 Å². The predicted molar refractivity (Wildman–Crippen MR) is 77.6 cm³/mol. The third-order valence-corrected chi connectivity index (χ3v) is 4.65. The summed E-state index contributed by atoms with van der Waals surface area (Å²) in [4.78, 5) is 0.192. The van der Waals surface area contributed by atoms with Gasteiger partial charge in [-0.2, -0.15) is 5.10 Å². The molecule has 1 N–H and O–H groups in total. The minimum Gasteiger partial charge on any atom is -0.279 e. The molecule has 0 aliphatic rings. The molecule has 0 radical (unpaired) electrons. The number of halogens is 1. The molecule has 0 unspecified atom stereocenters. The first-order chi connectivity index (χ1) is 8.79. The predicted octanol–water partition coefficient (Wildman–Crippen LogP) is 2.60. The van der Waals surface area contributed by atoms with E-state index in [1.54, 1.807) is 26.1 Å². The van der Waals surface area contributed by atoms with Crippen molar-refractivity contribution < 1.29 is 8.42 Å². The van der Waals surface area contributed by atoms with Gasteiger partial charge in [-0.25, -0.2) is 8.42 Å². The third kappa shape index (κ3) is 2.98. The van der Waals surface area contributed by atoms with Crippen LogP contribution in [-0.4, -0.2) is 18.2 Å². The molecule has 102 valence electrons. The van der Waals surface area contributed by atoms with Gasteiger partial charge in [0.15, 0.2) is 0 Å². The highest BCUT2D eigenvalue weighted by molar-refractivity contribution is 9.10. The third-order valence-electron chi connectivity index (χ3n) is 2.69. The van der Waals surface area contributed by atoms with E-state index in [1.807, 2.05) is 13.0 Å². The van der Waals surface area contributed by atoms with Crippen molar-refractivity contribution >= 4 is 31.6 Å². The maximum absolute atomic E-state index is 12.3. The van der Waals surface area contributed by atoms with Crippen molar-refractivity contribution in [1.82, 2.24) is 9.78 Å². The van der Waals surface area contributed by atoms with E-state index in [1.165, 1.54) is 10.9 Å². The number of anilines is 1. The molecule has 1 aromatic heterocycles. The Morgan fingerprint density at radius 2 is 2.00 bits per heavy atom. The Hall–Kier alpha value is -1.34. The van der Waals surface area contributed by atoms with Gasteiger partial charge in [0, 0.05) is 17.7 Å². The van der Waals surface area contributed by atoms with Crippen LogP contribution in [0.5, 0.6) is 0 Å². The minimum absolute atomic E-state index is 0.192. The van der Waals surface area contributed by atoms with E-state index in [2.05, 4.69) is 25.8 Å². The number of aromatic nitrogens is 2. The van der Waals surface area contributed by atoms with Gasteiger partial charge < -0.3 is 0 Å². The van der Waals surface area contributed by atoms with Crippen LogP contribution >= 0.6 is 15.9 Å². The van der Waals surface area contributed by atoms with Crippen LogP contribution in [0.25, 0.3) is 0 Å². The van der Waals surface area contributed by atoms with Gasteiger partial charge in [-0.3, -0.25) is 9.40 Å². The molecule has 0 saturated heterocycles. The van der Waals surface area contributed by atoms with Crippen LogP contribution < -0.4 is 4.72 Å². The lowest BCUT2D eigenvalue weighted by molar-refractivity contribution is 0.600. The van der Waals surface area contributed by atoms with Gasteiger partial charge in [0.05, 0.1) is 11.4 Å². The van der Waals surface area contributed by atoms with Crippen LogP contribution in [0.15, 0.2) is 33.8 Å². The van der Waals surface area contributed by atoms with Gasteiger partial charge in [0.2, 0.25) is 0 Å². The highest BCUT2D eigenvalue weighted by Gasteiger charge is 2.20. The van der Waals surface area contributed by atoms with E-state index in [0.29, 0.717) is 11.4 Å². The lowest BCUT2D eigenvalue weighted by Crippen LogP contribution is -2.14. The molecule has 0 aliphatic heterocycles. The Morgan fingerprint density at radius 1 is 1.32 bits per heavy atom. The van der Waals surface area contributed by atoms with Crippen molar-refractivity contribution in [3.8, 4) is 0 Å². The zero-order chi connectivity index (χ0) is 14.2. The maximum atomic E-state index is 12.3. The molecule has 7 heteroatoms. The molecule has 2 aromatic rings. The normalized spacial score (nSPS) is 11.6. The second-order valence-corrected chi connectivity index (χ2v) is 6.88. The number of nitrogens with one attached hydrogen (secondary N) is 1. The van der Waals surface area contributed by atoms with E-state index >= 15 is 0 Å². The first-order valence-corrected chi connectivity index (χ1v) is 7.86. The average Bonchev–Trinajstić information content (AvgIpc) is 2.63. The van der Waals surface area contributed by atoms with E-state index in [9.17, 15) is 8.42 Å². The smallest absolute Gasteiger partial charge is 0.265 e. The van der Waals surface area contributed by atoms with Gasteiger partial charge in [-0.05, 0) is 37.6 Å². The molecule has 1 aromatic carbocycles. The fourth-order valence-corrected chi connectivity index (χ4v) is 3.61. The Kier molecular flexibility index (Phi) is 3.69. The summed E-state index contributed by atoms with van der Waals surface area (Å²) in [6.45, 7) is 3.52. The monoisotopic (exact) mass is 343 g/mol. The molecular weight excluding hydrogens is 330 g/mol. The lowest BCUT2D eigenvalue weighted by atomic mass is 10.2. The maximum Gasteiger partial charge on any atom is 0.265 e. The largest absolute Gasteiger partial charge is 0.279 e. The summed E-state index contributed by atoms with van der Waals surface area (Å²) in [5, 5.41) is 4.05.